The standard InChI is InChI=1S/C11H19ClN2O3/c1-2-3-8-17-11(15)14-6-4-9(5-7-14)10(12)13-16/h9,16H,2-8H2,1H3/b13-10-. The largest absolute Gasteiger partial charge is 0.449 e. The molecular weight excluding hydrogens is 244 g/mol. The third-order valence-corrected chi connectivity index (χ3v) is 3.29. The number of amides is 1. The zero-order chi connectivity index (χ0) is 12.7. The molecule has 1 aliphatic heterocycles. The molecule has 0 aromatic heterocycles. The van der Waals surface area contributed by atoms with E-state index in [9.17, 15) is 4.79 Å². The number of hydrogen-bond donors (Lipinski definition) is 1. The smallest absolute Gasteiger partial charge is 0.409 e. The Bertz CT molecular complexity index is 276. The van der Waals surface area contributed by atoms with Crippen molar-refractivity contribution < 1.29 is 14.7 Å². The summed E-state index contributed by atoms with van der Waals surface area (Å²) in [6.07, 6.45) is 3.08. The Morgan fingerprint density at radius 3 is 2.71 bits per heavy atom. The Morgan fingerprint density at radius 2 is 2.18 bits per heavy atom. The Hall–Kier alpha value is -0.970. The number of carbonyl (C=O) groups is 1. The monoisotopic (exact) mass is 262 g/mol. The number of carbonyl (C=O) groups excluding carboxylic acids is 1. The highest BCUT2D eigenvalue weighted by atomic mass is 35.5. The van der Waals surface area contributed by atoms with Crippen LogP contribution in [0, 0.1) is 5.92 Å². The number of ether oxygens (including phenoxy) is 1. The number of piperidine rings is 1. The molecule has 17 heavy (non-hydrogen) atoms. The molecule has 98 valence electrons. The van der Waals surface area contributed by atoms with E-state index in [1.54, 1.807) is 4.90 Å². The van der Waals surface area contributed by atoms with Crippen LogP contribution in [0.2, 0.25) is 0 Å². The minimum Gasteiger partial charge on any atom is -0.449 e. The molecule has 0 aromatic rings. The summed E-state index contributed by atoms with van der Waals surface area (Å²) in [4.78, 5) is 13.3. The van der Waals surface area contributed by atoms with Gasteiger partial charge in [0.25, 0.3) is 0 Å². The summed E-state index contributed by atoms with van der Waals surface area (Å²) in [5.41, 5.74) is 0. The fourth-order valence-corrected chi connectivity index (χ4v) is 2.00. The molecule has 1 amide bonds. The van der Waals surface area contributed by atoms with Crippen molar-refractivity contribution in [2.24, 2.45) is 11.1 Å². The van der Waals surface area contributed by atoms with E-state index in [-0.39, 0.29) is 17.2 Å². The molecular formula is C11H19ClN2O3. The van der Waals surface area contributed by atoms with E-state index in [1.807, 2.05) is 0 Å². The van der Waals surface area contributed by atoms with E-state index in [0.29, 0.717) is 32.5 Å². The molecule has 1 rings (SSSR count). The lowest BCUT2D eigenvalue weighted by atomic mass is 9.98. The number of unbranched alkanes of at least 4 members (excludes halogenated alkanes) is 1. The van der Waals surface area contributed by atoms with E-state index in [2.05, 4.69) is 12.1 Å². The van der Waals surface area contributed by atoms with Gasteiger partial charge in [0.05, 0.1) is 6.61 Å². The second-order valence-electron chi connectivity index (χ2n) is 4.15. The minimum absolute atomic E-state index is 0.0568. The van der Waals surface area contributed by atoms with E-state index in [4.69, 9.17) is 21.5 Å². The minimum atomic E-state index is -0.256. The highest BCUT2D eigenvalue weighted by Crippen LogP contribution is 2.21. The van der Waals surface area contributed by atoms with Gasteiger partial charge in [-0.2, -0.15) is 0 Å². The number of hydrogen-bond acceptors (Lipinski definition) is 4. The first-order chi connectivity index (χ1) is 8.19. The molecule has 1 N–H and O–H groups in total. The van der Waals surface area contributed by atoms with Crippen LogP contribution in [0.4, 0.5) is 4.79 Å². The van der Waals surface area contributed by atoms with Crippen LogP contribution in [0.25, 0.3) is 0 Å². The molecule has 0 aromatic carbocycles. The second kappa shape index (κ2) is 7.37. The van der Waals surface area contributed by atoms with Crippen LogP contribution in [0.3, 0.4) is 0 Å². The van der Waals surface area contributed by atoms with Crippen molar-refractivity contribution in [3.63, 3.8) is 0 Å². The fourth-order valence-electron chi connectivity index (χ4n) is 1.78. The molecule has 1 heterocycles. The molecule has 0 saturated carbocycles. The first kappa shape index (κ1) is 14.1. The molecule has 0 spiro atoms. The number of likely N-dealkylation sites (tertiary alicyclic amines) is 1. The van der Waals surface area contributed by atoms with Gasteiger partial charge in [-0.1, -0.05) is 30.1 Å². The van der Waals surface area contributed by atoms with E-state index in [0.717, 1.165) is 12.8 Å². The lowest BCUT2D eigenvalue weighted by molar-refractivity contribution is 0.0910. The van der Waals surface area contributed by atoms with Crippen LogP contribution in [-0.4, -0.2) is 41.1 Å². The molecule has 0 unspecified atom stereocenters. The highest BCUT2D eigenvalue weighted by molar-refractivity contribution is 6.65. The van der Waals surface area contributed by atoms with Gasteiger partial charge in [0.1, 0.15) is 5.17 Å². The van der Waals surface area contributed by atoms with Gasteiger partial charge >= 0.3 is 6.09 Å². The lowest BCUT2D eigenvalue weighted by Gasteiger charge is -2.30. The number of oxime groups is 1. The van der Waals surface area contributed by atoms with Crippen LogP contribution in [0.1, 0.15) is 32.6 Å². The predicted octanol–water partition coefficient (Wildman–Crippen LogP) is 2.66. The zero-order valence-corrected chi connectivity index (χ0v) is 10.8. The molecule has 6 heteroatoms. The van der Waals surface area contributed by atoms with Crippen molar-refractivity contribution in [3.8, 4) is 0 Å². The Balaban J connectivity index is 2.29. The Kier molecular flexibility index (Phi) is 6.11. The third-order valence-electron chi connectivity index (χ3n) is 2.91. The van der Waals surface area contributed by atoms with Gasteiger partial charge in [-0.05, 0) is 19.3 Å². The maximum atomic E-state index is 11.6. The molecule has 5 nitrogen and oxygen atoms in total. The highest BCUT2D eigenvalue weighted by Gasteiger charge is 2.26. The number of rotatable bonds is 4. The molecule has 1 aliphatic rings. The van der Waals surface area contributed by atoms with Crippen molar-refractivity contribution in [1.29, 1.82) is 0 Å². The molecule has 0 aliphatic carbocycles. The van der Waals surface area contributed by atoms with Gasteiger partial charge in [0.15, 0.2) is 0 Å². The Morgan fingerprint density at radius 1 is 1.53 bits per heavy atom. The average molecular weight is 263 g/mol. The summed E-state index contributed by atoms with van der Waals surface area (Å²) in [5, 5.41) is 11.8. The first-order valence-corrected chi connectivity index (χ1v) is 6.36. The van der Waals surface area contributed by atoms with Crippen LogP contribution in [0.5, 0.6) is 0 Å². The van der Waals surface area contributed by atoms with Gasteiger partial charge in [0.2, 0.25) is 0 Å². The molecule has 1 saturated heterocycles. The summed E-state index contributed by atoms with van der Waals surface area (Å²) in [6, 6.07) is 0. The van der Waals surface area contributed by atoms with Crippen LogP contribution >= 0.6 is 11.6 Å². The zero-order valence-electron chi connectivity index (χ0n) is 10.1. The molecule has 0 bridgehead atoms. The lowest BCUT2D eigenvalue weighted by Crippen LogP contribution is -2.40. The third kappa shape index (κ3) is 4.42. The fraction of sp³-hybridized carbons (Fsp3) is 0.818. The molecule has 0 atom stereocenters. The summed E-state index contributed by atoms with van der Waals surface area (Å²) in [6.45, 7) is 3.73. The topological polar surface area (TPSA) is 62.1 Å². The van der Waals surface area contributed by atoms with Crippen molar-refractivity contribution in [3.05, 3.63) is 0 Å². The van der Waals surface area contributed by atoms with E-state index >= 15 is 0 Å². The summed E-state index contributed by atoms with van der Waals surface area (Å²) in [5.74, 6) is 0.0568. The van der Waals surface area contributed by atoms with Crippen molar-refractivity contribution in [1.82, 2.24) is 4.90 Å². The van der Waals surface area contributed by atoms with E-state index < -0.39 is 0 Å². The number of halogens is 1. The van der Waals surface area contributed by atoms with Crippen molar-refractivity contribution >= 4 is 22.9 Å². The SMILES string of the molecule is CCCCOC(=O)N1CCC(/C(Cl)=N/O)CC1. The first-order valence-electron chi connectivity index (χ1n) is 5.98. The van der Waals surface area contributed by atoms with Crippen LogP contribution in [-0.2, 0) is 4.74 Å². The van der Waals surface area contributed by atoms with Crippen molar-refractivity contribution in [2.75, 3.05) is 19.7 Å². The van der Waals surface area contributed by atoms with Gasteiger partial charge in [-0.25, -0.2) is 4.79 Å². The summed E-state index contributed by atoms with van der Waals surface area (Å²) >= 11 is 5.74. The van der Waals surface area contributed by atoms with Crippen molar-refractivity contribution in [2.45, 2.75) is 32.6 Å². The summed E-state index contributed by atoms with van der Waals surface area (Å²) in [7, 11) is 0. The average Bonchev–Trinajstić information content (AvgIpc) is 2.38. The van der Waals surface area contributed by atoms with Gasteiger partial charge in [-0.15, -0.1) is 0 Å². The van der Waals surface area contributed by atoms with Gasteiger partial charge < -0.3 is 14.8 Å². The number of nitrogens with zero attached hydrogens (tertiary/aromatic N) is 2. The molecule has 1 fully saturated rings. The maximum Gasteiger partial charge on any atom is 0.409 e. The van der Waals surface area contributed by atoms with Crippen LogP contribution in [0.15, 0.2) is 5.16 Å². The van der Waals surface area contributed by atoms with Gasteiger partial charge in [0, 0.05) is 19.0 Å². The maximum absolute atomic E-state index is 11.6. The quantitative estimate of drug-likeness (QED) is 0.367. The predicted molar refractivity (Wildman–Crippen MR) is 65.6 cm³/mol. The van der Waals surface area contributed by atoms with Gasteiger partial charge in [-0.3, -0.25) is 0 Å². The summed E-state index contributed by atoms with van der Waals surface area (Å²) < 4.78 is 5.12. The Labute approximate surface area is 106 Å². The normalized spacial score (nSPS) is 18.2. The second-order valence-corrected chi connectivity index (χ2v) is 4.54. The van der Waals surface area contributed by atoms with E-state index in [1.165, 1.54) is 0 Å². The molecule has 0 radical (unpaired) electrons. The van der Waals surface area contributed by atoms with Crippen LogP contribution < -0.4 is 0 Å².